The number of hydrogen-bond acceptors (Lipinski definition) is 4. The third-order valence-electron chi connectivity index (χ3n) is 3.22. The van der Waals surface area contributed by atoms with E-state index in [4.69, 9.17) is 0 Å². The van der Waals surface area contributed by atoms with Gasteiger partial charge in [0.1, 0.15) is 0 Å². The lowest BCUT2D eigenvalue weighted by Crippen LogP contribution is -2.37. The van der Waals surface area contributed by atoms with Crippen LogP contribution >= 0.6 is 11.3 Å². The highest BCUT2D eigenvalue weighted by Crippen LogP contribution is 2.35. The van der Waals surface area contributed by atoms with Crippen LogP contribution in [0.3, 0.4) is 0 Å². The van der Waals surface area contributed by atoms with Crippen LogP contribution in [0.15, 0.2) is 6.20 Å². The van der Waals surface area contributed by atoms with E-state index < -0.39 is 0 Å². The molecule has 0 spiro atoms. The third kappa shape index (κ3) is 2.38. The first kappa shape index (κ1) is 11.9. The quantitative estimate of drug-likeness (QED) is 0.875. The number of hydrogen-bond donors (Lipinski definition) is 1. The summed E-state index contributed by atoms with van der Waals surface area (Å²) in [5.74, 6) is 0. The maximum absolute atomic E-state index is 4.55. The molecule has 1 saturated heterocycles. The predicted molar refractivity (Wildman–Crippen MR) is 70.2 cm³/mol. The van der Waals surface area contributed by atoms with Gasteiger partial charge in [-0.05, 0) is 33.2 Å². The lowest BCUT2D eigenvalue weighted by Gasteiger charge is -2.31. The lowest BCUT2D eigenvalue weighted by atomic mass is 10.0. The fourth-order valence-corrected chi connectivity index (χ4v) is 3.28. The zero-order valence-electron chi connectivity index (χ0n) is 10.4. The van der Waals surface area contributed by atoms with Crippen LogP contribution in [-0.2, 0) is 6.54 Å². The molecule has 1 N–H and O–H groups in total. The van der Waals surface area contributed by atoms with E-state index >= 15 is 0 Å². The highest BCUT2D eigenvalue weighted by molar-refractivity contribution is 7.15. The van der Waals surface area contributed by atoms with Crippen molar-refractivity contribution in [3.05, 3.63) is 11.1 Å². The summed E-state index contributed by atoms with van der Waals surface area (Å²) in [6.07, 6.45) is 4.57. The molecule has 0 radical (unpaired) electrons. The zero-order valence-corrected chi connectivity index (χ0v) is 11.2. The molecule has 90 valence electrons. The summed E-state index contributed by atoms with van der Waals surface area (Å²) in [6, 6.07) is 0. The summed E-state index contributed by atoms with van der Waals surface area (Å²) < 4.78 is 0. The molecule has 0 amide bonds. The Kier molecular flexibility index (Phi) is 3.50. The molecular weight excluding hydrogens is 218 g/mol. The Morgan fingerprint density at radius 3 is 3.00 bits per heavy atom. The standard InChI is InChI=1S/C12H21N3S/c1-4-13-8-10-9-14-11(16-10)15-7-5-6-12(15,2)3/h9,13H,4-8H2,1-3H3. The van der Waals surface area contributed by atoms with E-state index in [1.807, 2.05) is 17.5 Å². The molecule has 0 saturated carbocycles. The van der Waals surface area contributed by atoms with Crippen LogP contribution in [0.25, 0.3) is 0 Å². The molecule has 1 aromatic heterocycles. The molecule has 1 aromatic rings. The van der Waals surface area contributed by atoms with E-state index in [1.54, 1.807) is 0 Å². The first-order valence-corrected chi connectivity index (χ1v) is 6.88. The average molecular weight is 239 g/mol. The summed E-state index contributed by atoms with van der Waals surface area (Å²) >= 11 is 1.82. The molecule has 1 aliphatic heterocycles. The topological polar surface area (TPSA) is 28.2 Å². The van der Waals surface area contributed by atoms with E-state index in [1.165, 1.54) is 22.9 Å². The van der Waals surface area contributed by atoms with E-state index in [0.717, 1.165) is 19.6 Å². The highest BCUT2D eigenvalue weighted by Gasteiger charge is 2.33. The zero-order chi connectivity index (χ0) is 11.6. The Morgan fingerprint density at radius 2 is 2.38 bits per heavy atom. The number of nitrogens with one attached hydrogen (secondary N) is 1. The normalized spacial score (nSPS) is 19.3. The Labute approximate surface area is 102 Å². The van der Waals surface area contributed by atoms with Gasteiger partial charge in [0.25, 0.3) is 0 Å². The van der Waals surface area contributed by atoms with Gasteiger partial charge in [-0.25, -0.2) is 4.98 Å². The van der Waals surface area contributed by atoms with Crippen LogP contribution in [0.4, 0.5) is 5.13 Å². The molecular formula is C12H21N3S. The molecule has 0 atom stereocenters. The highest BCUT2D eigenvalue weighted by atomic mass is 32.1. The van der Waals surface area contributed by atoms with Gasteiger partial charge in [0.2, 0.25) is 0 Å². The second-order valence-electron chi connectivity index (χ2n) is 4.96. The second kappa shape index (κ2) is 4.72. The van der Waals surface area contributed by atoms with E-state index in [-0.39, 0.29) is 5.54 Å². The summed E-state index contributed by atoms with van der Waals surface area (Å²) in [7, 11) is 0. The van der Waals surface area contributed by atoms with E-state index in [2.05, 4.69) is 36.0 Å². The fraction of sp³-hybridized carbons (Fsp3) is 0.750. The molecule has 0 bridgehead atoms. The van der Waals surface area contributed by atoms with Crippen molar-refractivity contribution < 1.29 is 0 Å². The average Bonchev–Trinajstić information content (AvgIpc) is 2.81. The second-order valence-corrected chi connectivity index (χ2v) is 6.05. The molecule has 1 aliphatic rings. The molecule has 4 heteroatoms. The fourth-order valence-electron chi connectivity index (χ4n) is 2.21. The minimum absolute atomic E-state index is 0.285. The van der Waals surface area contributed by atoms with Crippen LogP contribution in [0.5, 0.6) is 0 Å². The maximum atomic E-state index is 4.55. The van der Waals surface area contributed by atoms with Crippen LogP contribution in [0.1, 0.15) is 38.5 Å². The molecule has 0 aliphatic carbocycles. The molecule has 0 aromatic carbocycles. The number of thiazole rings is 1. The van der Waals surface area contributed by atoms with Gasteiger partial charge in [-0.3, -0.25) is 0 Å². The van der Waals surface area contributed by atoms with Crippen molar-refractivity contribution in [2.24, 2.45) is 0 Å². The minimum Gasteiger partial charge on any atom is -0.343 e. The van der Waals surface area contributed by atoms with Crippen molar-refractivity contribution in [2.75, 3.05) is 18.0 Å². The first-order chi connectivity index (χ1) is 7.63. The summed E-state index contributed by atoms with van der Waals surface area (Å²) in [6.45, 7) is 9.87. The summed E-state index contributed by atoms with van der Waals surface area (Å²) in [5, 5.41) is 4.53. The van der Waals surface area contributed by atoms with Crippen molar-refractivity contribution in [3.8, 4) is 0 Å². The molecule has 2 rings (SSSR count). The lowest BCUT2D eigenvalue weighted by molar-refractivity contribution is 0.517. The third-order valence-corrected chi connectivity index (χ3v) is 4.24. The number of aromatic nitrogens is 1. The molecule has 16 heavy (non-hydrogen) atoms. The number of anilines is 1. The largest absolute Gasteiger partial charge is 0.343 e. The molecule has 3 nitrogen and oxygen atoms in total. The van der Waals surface area contributed by atoms with Crippen LogP contribution < -0.4 is 10.2 Å². The van der Waals surface area contributed by atoms with Gasteiger partial charge in [0, 0.05) is 29.7 Å². The smallest absolute Gasteiger partial charge is 0.185 e. The van der Waals surface area contributed by atoms with Gasteiger partial charge in [-0.1, -0.05) is 6.92 Å². The van der Waals surface area contributed by atoms with Gasteiger partial charge in [-0.15, -0.1) is 11.3 Å². The monoisotopic (exact) mass is 239 g/mol. The Hall–Kier alpha value is -0.610. The minimum atomic E-state index is 0.285. The van der Waals surface area contributed by atoms with Gasteiger partial charge in [0.15, 0.2) is 5.13 Å². The number of rotatable bonds is 4. The van der Waals surface area contributed by atoms with Crippen LogP contribution in [0.2, 0.25) is 0 Å². The van der Waals surface area contributed by atoms with Gasteiger partial charge < -0.3 is 10.2 Å². The van der Waals surface area contributed by atoms with Crippen LogP contribution in [0, 0.1) is 0 Å². The van der Waals surface area contributed by atoms with Crippen molar-refractivity contribution >= 4 is 16.5 Å². The first-order valence-electron chi connectivity index (χ1n) is 6.06. The van der Waals surface area contributed by atoms with Crippen molar-refractivity contribution in [1.82, 2.24) is 10.3 Å². The van der Waals surface area contributed by atoms with Crippen molar-refractivity contribution in [2.45, 2.75) is 45.7 Å². The van der Waals surface area contributed by atoms with Gasteiger partial charge in [0.05, 0.1) is 0 Å². The number of nitrogens with zero attached hydrogens (tertiary/aromatic N) is 2. The SMILES string of the molecule is CCNCc1cnc(N2CCCC2(C)C)s1. The van der Waals surface area contributed by atoms with Crippen molar-refractivity contribution in [1.29, 1.82) is 0 Å². The predicted octanol–water partition coefficient (Wildman–Crippen LogP) is 2.63. The summed E-state index contributed by atoms with van der Waals surface area (Å²) in [5.41, 5.74) is 0.285. The summed E-state index contributed by atoms with van der Waals surface area (Å²) in [4.78, 5) is 8.34. The van der Waals surface area contributed by atoms with Gasteiger partial charge in [-0.2, -0.15) is 0 Å². The van der Waals surface area contributed by atoms with Gasteiger partial charge >= 0.3 is 0 Å². The maximum Gasteiger partial charge on any atom is 0.185 e. The molecule has 2 heterocycles. The Balaban J connectivity index is 2.06. The molecule has 0 unspecified atom stereocenters. The van der Waals surface area contributed by atoms with E-state index in [9.17, 15) is 0 Å². The van der Waals surface area contributed by atoms with E-state index in [0.29, 0.717) is 0 Å². The molecule has 1 fully saturated rings. The Morgan fingerprint density at radius 1 is 1.56 bits per heavy atom. The Bertz CT molecular complexity index is 346. The van der Waals surface area contributed by atoms with Crippen molar-refractivity contribution in [3.63, 3.8) is 0 Å². The van der Waals surface area contributed by atoms with Crippen LogP contribution in [-0.4, -0.2) is 23.6 Å².